The Labute approximate surface area is 199 Å². The molecule has 1 atom stereocenters. The zero-order valence-corrected chi connectivity index (χ0v) is 20.0. The Morgan fingerprint density at radius 1 is 1.16 bits per heavy atom. The fraction of sp³-hybridized carbons (Fsp3) is 0.261. The van der Waals surface area contributed by atoms with E-state index in [1.54, 1.807) is 7.05 Å². The fourth-order valence-corrected chi connectivity index (χ4v) is 3.74. The third-order valence-corrected chi connectivity index (χ3v) is 5.25. The molecule has 2 heterocycles. The quantitative estimate of drug-likeness (QED) is 0.268. The molecule has 1 aliphatic heterocycles. The van der Waals surface area contributed by atoms with Gasteiger partial charge in [-0.1, -0.05) is 36.4 Å². The second-order valence-electron chi connectivity index (χ2n) is 7.37. The topological polar surface area (TPSA) is 83.3 Å². The van der Waals surface area contributed by atoms with Crippen molar-refractivity contribution in [2.75, 3.05) is 18.9 Å². The van der Waals surface area contributed by atoms with Gasteiger partial charge in [0, 0.05) is 44.4 Å². The molecule has 0 bridgehead atoms. The molecule has 3 N–H and O–H groups in total. The highest BCUT2D eigenvalue weighted by atomic mass is 127. The smallest absolute Gasteiger partial charge is 0.225 e. The molecule has 0 fully saturated rings. The zero-order chi connectivity index (χ0) is 20.9. The Bertz CT molecular complexity index is 1080. The van der Waals surface area contributed by atoms with Crippen LogP contribution in [0.1, 0.15) is 29.2 Å². The summed E-state index contributed by atoms with van der Waals surface area (Å²) in [6.07, 6.45) is 2.43. The van der Waals surface area contributed by atoms with Crippen molar-refractivity contribution in [3.63, 3.8) is 0 Å². The van der Waals surface area contributed by atoms with E-state index in [4.69, 9.17) is 0 Å². The van der Waals surface area contributed by atoms with Gasteiger partial charge in [-0.2, -0.15) is 5.10 Å². The molecular weight excluding hydrogens is 503 g/mol. The molecule has 8 heteroatoms. The number of aliphatic imine (C=N–C) groups is 1. The van der Waals surface area contributed by atoms with E-state index in [-0.39, 0.29) is 35.8 Å². The lowest BCUT2D eigenvalue weighted by Gasteiger charge is -2.26. The van der Waals surface area contributed by atoms with Crippen LogP contribution in [-0.2, 0) is 11.3 Å². The maximum Gasteiger partial charge on any atom is 0.225 e. The number of rotatable bonds is 5. The maximum absolute atomic E-state index is 12.0. The van der Waals surface area contributed by atoms with Crippen molar-refractivity contribution in [3.05, 3.63) is 77.6 Å². The second-order valence-corrected chi connectivity index (χ2v) is 7.37. The van der Waals surface area contributed by atoms with Crippen LogP contribution in [0, 0.1) is 6.92 Å². The fourth-order valence-electron chi connectivity index (χ4n) is 3.74. The molecule has 0 saturated heterocycles. The number of para-hydroxylation sites is 2. The number of hydrogen-bond donors (Lipinski definition) is 3. The van der Waals surface area contributed by atoms with Crippen LogP contribution in [-0.4, -0.2) is 35.2 Å². The highest BCUT2D eigenvalue weighted by Gasteiger charge is 2.24. The van der Waals surface area contributed by atoms with Crippen LogP contribution in [0.4, 0.5) is 5.69 Å². The Balaban J connectivity index is 0.00000272. The summed E-state index contributed by atoms with van der Waals surface area (Å²) in [7, 11) is 1.75. The summed E-state index contributed by atoms with van der Waals surface area (Å²) in [5.74, 6) is 0.852. The number of hydrogen-bond acceptors (Lipinski definition) is 3. The Morgan fingerprint density at radius 2 is 1.94 bits per heavy atom. The summed E-state index contributed by atoms with van der Waals surface area (Å²) < 4.78 is 1.89. The van der Waals surface area contributed by atoms with Gasteiger partial charge in [0.15, 0.2) is 5.96 Å². The molecule has 0 spiro atoms. The lowest BCUT2D eigenvalue weighted by Crippen LogP contribution is -2.40. The molecule has 31 heavy (non-hydrogen) atoms. The molecule has 0 radical (unpaired) electrons. The molecule has 3 aromatic rings. The van der Waals surface area contributed by atoms with Gasteiger partial charge in [0.05, 0.1) is 11.4 Å². The standard InChI is InChI=1S/C23H26N6O.HI/c1-16-11-12-29(28-16)21-10-6-3-7-17(21)14-25-23(24-2)26-15-18-13-22(30)27-20-9-5-4-8-19(18)20;/h3-12,18H,13-15H2,1-2H3,(H,27,30)(H2,24,25,26);1H. The summed E-state index contributed by atoms with van der Waals surface area (Å²) in [4.78, 5) is 16.4. The van der Waals surface area contributed by atoms with Crippen molar-refractivity contribution in [2.45, 2.75) is 25.8 Å². The first-order valence-corrected chi connectivity index (χ1v) is 10.1. The molecule has 0 aliphatic carbocycles. The number of amides is 1. The molecule has 1 unspecified atom stereocenters. The van der Waals surface area contributed by atoms with Gasteiger partial charge in [0.2, 0.25) is 5.91 Å². The highest BCUT2D eigenvalue weighted by molar-refractivity contribution is 14.0. The number of carbonyl (C=O) groups is 1. The summed E-state index contributed by atoms with van der Waals surface area (Å²) in [6.45, 7) is 3.22. The van der Waals surface area contributed by atoms with Crippen molar-refractivity contribution in [2.24, 2.45) is 4.99 Å². The molecule has 0 saturated carbocycles. The molecule has 2 aromatic carbocycles. The molecule has 7 nitrogen and oxygen atoms in total. The number of benzene rings is 2. The van der Waals surface area contributed by atoms with Crippen LogP contribution in [0.3, 0.4) is 0 Å². The monoisotopic (exact) mass is 530 g/mol. The number of nitrogens with zero attached hydrogens (tertiary/aromatic N) is 3. The molecule has 1 aliphatic rings. The van der Waals surface area contributed by atoms with Crippen molar-refractivity contribution in [3.8, 4) is 5.69 Å². The van der Waals surface area contributed by atoms with Crippen LogP contribution in [0.5, 0.6) is 0 Å². The summed E-state index contributed by atoms with van der Waals surface area (Å²) >= 11 is 0. The number of aromatic nitrogens is 2. The van der Waals surface area contributed by atoms with Gasteiger partial charge >= 0.3 is 0 Å². The van der Waals surface area contributed by atoms with Gasteiger partial charge in [-0.3, -0.25) is 9.79 Å². The van der Waals surface area contributed by atoms with E-state index in [9.17, 15) is 4.79 Å². The van der Waals surface area contributed by atoms with Crippen molar-refractivity contribution >= 4 is 41.5 Å². The van der Waals surface area contributed by atoms with Gasteiger partial charge in [-0.15, -0.1) is 24.0 Å². The average molecular weight is 530 g/mol. The summed E-state index contributed by atoms with van der Waals surface area (Å²) in [5, 5.41) is 14.2. The van der Waals surface area contributed by atoms with E-state index < -0.39 is 0 Å². The van der Waals surface area contributed by atoms with Crippen LogP contribution in [0.25, 0.3) is 5.69 Å². The number of fused-ring (bicyclic) bond motifs is 1. The molecule has 162 valence electrons. The first-order chi connectivity index (χ1) is 14.6. The Kier molecular flexibility index (Phi) is 7.67. The number of aryl methyl sites for hydroxylation is 1. The van der Waals surface area contributed by atoms with E-state index in [2.05, 4.69) is 44.2 Å². The molecule has 4 rings (SSSR count). The first-order valence-electron chi connectivity index (χ1n) is 10.1. The van der Waals surface area contributed by atoms with Gasteiger partial charge in [-0.25, -0.2) is 4.68 Å². The molecule has 1 aromatic heterocycles. The number of guanidine groups is 1. The Hall–Kier alpha value is -2.88. The van der Waals surface area contributed by atoms with Gasteiger partial charge in [0.25, 0.3) is 0 Å². The van der Waals surface area contributed by atoms with Gasteiger partial charge in [0.1, 0.15) is 0 Å². The van der Waals surface area contributed by atoms with Gasteiger partial charge < -0.3 is 16.0 Å². The number of halogens is 1. The van der Waals surface area contributed by atoms with Crippen molar-refractivity contribution < 1.29 is 4.79 Å². The first kappa shape index (κ1) is 22.8. The minimum atomic E-state index is 0. The van der Waals surface area contributed by atoms with E-state index in [0.717, 1.165) is 28.2 Å². The van der Waals surface area contributed by atoms with Crippen LogP contribution >= 0.6 is 24.0 Å². The summed E-state index contributed by atoms with van der Waals surface area (Å²) in [6, 6.07) is 18.1. The minimum absolute atomic E-state index is 0. The summed E-state index contributed by atoms with van der Waals surface area (Å²) in [5.41, 5.74) is 5.18. The van der Waals surface area contributed by atoms with Gasteiger partial charge in [-0.05, 0) is 36.2 Å². The zero-order valence-electron chi connectivity index (χ0n) is 17.6. The Morgan fingerprint density at radius 3 is 2.71 bits per heavy atom. The van der Waals surface area contributed by atoms with E-state index >= 15 is 0 Å². The maximum atomic E-state index is 12.0. The van der Waals surface area contributed by atoms with Crippen LogP contribution < -0.4 is 16.0 Å². The van der Waals surface area contributed by atoms with E-state index in [0.29, 0.717) is 25.5 Å². The average Bonchev–Trinajstić information content (AvgIpc) is 3.20. The van der Waals surface area contributed by atoms with Crippen LogP contribution in [0.15, 0.2) is 65.8 Å². The lowest BCUT2D eigenvalue weighted by atomic mass is 9.90. The predicted molar refractivity (Wildman–Crippen MR) is 134 cm³/mol. The largest absolute Gasteiger partial charge is 0.356 e. The third kappa shape index (κ3) is 5.43. The van der Waals surface area contributed by atoms with E-state index in [1.807, 2.05) is 54.2 Å². The second kappa shape index (κ2) is 10.4. The van der Waals surface area contributed by atoms with Crippen LogP contribution in [0.2, 0.25) is 0 Å². The number of nitrogens with one attached hydrogen (secondary N) is 3. The SMILES string of the molecule is CN=C(NCc1ccccc1-n1ccc(C)n1)NCC1CC(=O)Nc2ccccc21.I. The highest BCUT2D eigenvalue weighted by Crippen LogP contribution is 2.31. The van der Waals surface area contributed by atoms with E-state index in [1.165, 1.54) is 0 Å². The third-order valence-electron chi connectivity index (χ3n) is 5.25. The van der Waals surface area contributed by atoms with Crippen molar-refractivity contribution in [1.29, 1.82) is 0 Å². The molecular formula is C23H27IN6O. The molecule has 1 amide bonds. The number of carbonyl (C=O) groups excluding carboxylic acids is 1. The predicted octanol–water partition coefficient (Wildman–Crippen LogP) is 3.59. The van der Waals surface area contributed by atoms with Crippen molar-refractivity contribution in [1.82, 2.24) is 20.4 Å². The number of anilines is 1. The normalized spacial score (nSPS) is 15.5. The minimum Gasteiger partial charge on any atom is -0.356 e. The lowest BCUT2D eigenvalue weighted by molar-refractivity contribution is -0.116.